The molecule has 0 unspecified atom stereocenters. The Morgan fingerprint density at radius 3 is 2.52 bits per heavy atom. The summed E-state index contributed by atoms with van der Waals surface area (Å²) in [5, 5.41) is 25.6. The lowest BCUT2D eigenvalue weighted by Gasteiger charge is -2.16. The Hall–Kier alpha value is -4.35. The highest BCUT2D eigenvalue weighted by Gasteiger charge is 2.09. The van der Waals surface area contributed by atoms with Crippen molar-refractivity contribution < 1.29 is 14.6 Å². The van der Waals surface area contributed by atoms with Gasteiger partial charge in [0.2, 0.25) is 5.91 Å². The van der Waals surface area contributed by atoms with E-state index in [1.54, 1.807) is 4.57 Å². The van der Waals surface area contributed by atoms with E-state index in [4.69, 9.17) is 29.2 Å². The molecule has 0 spiro atoms. The van der Waals surface area contributed by atoms with Crippen molar-refractivity contribution >= 4 is 41.7 Å². The third-order valence-electron chi connectivity index (χ3n) is 5.93. The van der Waals surface area contributed by atoms with E-state index >= 15 is 0 Å². The number of carbonyl (C=O) groups is 1. The van der Waals surface area contributed by atoms with E-state index in [9.17, 15) is 9.90 Å². The van der Waals surface area contributed by atoms with Gasteiger partial charge in [-0.2, -0.15) is 0 Å². The standard InChI is InChI=1S/C29H32N6O3S2/c1-2-13-30-27(37)16-24(36)14-21-11-12-25(17-26(21)31-18-20-7-4-3-5-8-20)38-19-32-22-9-6-10-23(15-22)35-28(39)33-34-29(35)40/h3-12,15-17,31-32,36H,2,13-14,18-19H2,1H3,(H,30,37)(H,33,39)(H,34,40). The quantitative estimate of drug-likeness (QED) is 0.0488. The Balaban J connectivity index is 1.45. The van der Waals surface area contributed by atoms with Crippen LogP contribution in [0, 0.1) is 9.54 Å². The second-order valence-corrected chi connectivity index (χ2v) is 9.75. The molecule has 0 fully saturated rings. The molecule has 4 aromatic rings. The van der Waals surface area contributed by atoms with Crippen molar-refractivity contribution in [1.82, 2.24) is 20.1 Å². The highest BCUT2D eigenvalue weighted by molar-refractivity contribution is 7.72. The van der Waals surface area contributed by atoms with Crippen LogP contribution in [0.1, 0.15) is 24.5 Å². The number of aliphatic hydroxyl groups excluding tert-OH is 1. The van der Waals surface area contributed by atoms with Gasteiger partial charge < -0.3 is 25.8 Å². The molecule has 6 N–H and O–H groups in total. The predicted octanol–water partition coefficient (Wildman–Crippen LogP) is 6.16. The summed E-state index contributed by atoms with van der Waals surface area (Å²) in [4.78, 5) is 12.0. The molecule has 9 nitrogen and oxygen atoms in total. The number of allylic oxidation sites excluding steroid dienone is 1. The number of aromatic nitrogens is 3. The van der Waals surface area contributed by atoms with Gasteiger partial charge in [-0.3, -0.25) is 19.6 Å². The molecular formula is C29H32N6O3S2. The van der Waals surface area contributed by atoms with Crippen LogP contribution >= 0.6 is 24.4 Å². The van der Waals surface area contributed by atoms with Crippen LogP contribution in [0.25, 0.3) is 5.69 Å². The van der Waals surface area contributed by atoms with Gasteiger partial charge in [-0.25, -0.2) is 0 Å². The van der Waals surface area contributed by atoms with Crippen molar-refractivity contribution in [3.05, 3.63) is 105 Å². The summed E-state index contributed by atoms with van der Waals surface area (Å²) in [5.41, 5.74) is 4.41. The van der Waals surface area contributed by atoms with Crippen LogP contribution < -0.4 is 20.7 Å². The van der Waals surface area contributed by atoms with Crippen LogP contribution in [0.3, 0.4) is 0 Å². The number of rotatable bonds is 13. The Bertz CT molecular complexity index is 1550. The molecule has 0 bridgehead atoms. The number of hydrogen-bond acceptors (Lipinski definition) is 7. The molecule has 0 atom stereocenters. The van der Waals surface area contributed by atoms with Gasteiger partial charge in [0.05, 0.1) is 5.69 Å². The summed E-state index contributed by atoms with van der Waals surface area (Å²) >= 11 is 10.6. The molecule has 3 aromatic carbocycles. The molecule has 1 amide bonds. The van der Waals surface area contributed by atoms with Crippen LogP contribution in [-0.4, -0.2) is 39.1 Å². The third kappa shape index (κ3) is 8.08. The van der Waals surface area contributed by atoms with Gasteiger partial charge >= 0.3 is 0 Å². The summed E-state index contributed by atoms with van der Waals surface area (Å²) in [6, 6.07) is 23.3. The van der Waals surface area contributed by atoms with Gasteiger partial charge in [0.15, 0.2) is 16.3 Å². The van der Waals surface area contributed by atoms with E-state index in [2.05, 4.69) is 26.1 Å². The van der Waals surface area contributed by atoms with Gasteiger partial charge in [0.25, 0.3) is 0 Å². The Kier molecular flexibility index (Phi) is 10.1. The first-order chi connectivity index (χ1) is 19.4. The topological polar surface area (TPSA) is 119 Å². The molecule has 0 saturated carbocycles. The first-order valence-corrected chi connectivity index (χ1v) is 13.7. The summed E-state index contributed by atoms with van der Waals surface area (Å²) in [7, 11) is 0. The minimum absolute atomic E-state index is 0.0195. The average molecular weight is 577 g/mol. The molecule has 0 saturated heterocycles. The number of ether oxygens (including phenoxy) is 1. The molecular weight excluding hydrogens is 544 g/mol. The van der Waals surface area contributed by atoms with Gasteiger partial charge in [-0.05, 0) is 66.2 Å². The van der Waals surface area contributed by atoms with E-state index < -0.39 is 0 Å². The first kappa shape index (κ1) is 28.7. The number of nitrogens with one attached hydrogen (secondary N) is 5. The van der Waals surface area contributed by atoms with Crippen LogP contribution in [0.2, 0.25) is 0 Å². The number of H-pyrrole nitrogens is 2. The number of hydrogen-bond donors (Lipinski definition) is 6. The summed E-state index contributed by atoms with van der Waals surface area (Å²) in [6.07, 6.45) is 2.25. The molecule has 0 aliphatic carbocycles. The summed E-state index contributed by atoms with van der Waals surface area (Å²) in [6.45, 7) is 3.34. The Morgan fingerprint density at radius 2 is 1.77 bits per heavy atom. The fourth-order valence-corrected chi connectivity index (χ4v) is 4.51. The van der Waals surface area contributed by atoms with E-state index in [1.807, 2.05) is 79.7 Å². The molecule has 11 heteroatoms. The zero-order valence-corrected chi connectivity index (χ0v) is 23.7. The average Bonchev–Trinajstić information content (AvgIpc) is 3.30. The molecule has 4 rings (SSSR count). The van der Waals surface area contributed by atoms with Crippen LogP contribution in [0.4, 0.5) is 11.4 Å². The number of benzene rings is 3. The normalized spacial score (nSPS) is 11.2. The minimum atomic E-state index is -0.311. The summed E-state index contributed by atoms with van der Waals surface area (Å²) in [5.74, 6) is 0.311. The highest BCUT2D eigenvalue weighted by Crippen LogP contribution is 2.26. The SMILES string of the molecule is CCCNC(=O)C=C(O)Cc1ccc(OCNc2cccc(-n3c(=S)[nH][nH]c3=S)c2)cc1NCc1ccccc1. The molecule has 1 heterocycles. The molecule has 0 aliphatic rings. The maximum Gasteiger partial charge on any atom is 0.247 e. The maximum absolute atomic E-state index is 12.0. The number of aliphatic hydroxyl groups is 1. The first-order valence-electron chi connectivity index (χ1n) is 12.9. The lowest BCUT2D eigenvalue weighted by Crippen LogP contribution is -2.22. The van der Waals surface area contributed by atoms with Gasteiger partial charge in [0, 0.05) is 43.0 Å². The van der Waals surface area contributed by atoms with Crippen molar-refractivity contribution in [2.45, 2.75) is 26.3 Å². The monoisotopic (exact) mass is 576 g/mol. The third-order valence-corrected chi connectivity index (χ3v) is 6.50. The van der Waals surface area contributed by atoms with Crippen molar-refractivity contribution in [2.75, 3.05) is 23.9 Å². The molecule has 0 radical (unpaired) electrons. The fraction of sp³-hybridized carbons (Fsp3) is 0.207. The fourth-order valence-electron chi connectivity index (χ4n) is 3.96. The highest BCUT2D eigenvalue weighted by atomic mass is 32.1. The molecule has 0 aliphatic heterocycles. The lowest BCUT2D eigenvalue weighted by molar-refractivity contribution is -0.116. The van der Waals surface area contributed by atoms with E-state index in [-0.39, 0.29) is 24.8 Å². The Morgan fingerprint density at radius 1 is 1.00 bits per heavy atom. The number of aromatic amines is 2. The number of nitrogens with zero attached hydrogens (tertiary/aromatic N) is 1. The molecule has 40 heavy (non-hydrogen) atoms. The van der Waals surface area contributed by atoms with E-state index in [1.165, 1.54) is 6.08 Å². The molecule has 208 valence electrons. The van der Waals surface area contributed by atoms with Gasteiger partial charge in [0.1, 0.15) is 11.5 Å². The van der Waals surface area contributed by atoms with Crippen molar-refractivity contribution in [3.8, 4) is 11.4 Å². The van der Waals surface area contributed by atoms with Crippen molar-refractivity contribution in [3.63, 3.8) is 0 Å². The largest absolute Gasteiger partial charge is 0.512 e. The number of carbonyl (C=O) groups excluding carboxylic acids is 1. The van der Waals surface area contributed by atoms with Crippen molar-refractivity contribution in [2.24, 2.45) is 0 Å². The Labute approximate surface area is 242 Å². The van der Waals surface area contributed by atoms with Gasteiger partial charge in [-0.15, -0.1) is 0 Å². The number of amides is 1. The van der Waals surface area contributed by atoms with Crippen molar-refractivity contribution in [1.29, 1.82) is 0 Å². The summed E-state index contributed by atoms with van der Waals surface area (Å²) < 4.78 is 8.70. The second kappa shape index (κ2) is 14.2. The zero-order valence-electron chi connectivity index (χ0n) is 22.1. The van der Waals surface area contributed by atoms with Crippen LogP contribution in [0.15, 0.2) is 84.6 Å². The zero-order chi connectivity index (χ0) is 28.3. The molecule has 1 aromatic heterocycles. The van der Waals surface area contributed by atoms with Crippen LogP contribution in [-0.2, 0) is 17.8 Å². The maximum atomic E-state index is 12.0. The predicted molar refractivity (Wildman–Crippen MR) is 163 cm³/mol. The van der Waals surface area contributed by atoms with Crippen LogP contribution in [0.5, 0.6) is 5.75 Å². The smallest absolute Gasteiger partial charge is 0.247 e. The number of anilines is 2. The van der Waals surface area contributed by atoms with E-state index in [0.717, 1.165) is 34.6 Å². The lowest BCUT2D eigenvalue weighted by atomic mass is 10.1. The minimum Gasteiger partial charge on any atom is -0.512 e. The second-order valence-electron chi connectivity index (χ2n) is 8.97. The van der Waals surface area contributed by atoms with E-state index in [0.29, 0.717) is 28.4 Å². The van der Waals surface area contributed by atoms with Gasteiger partial charge in [-0.1, -0.05) is 49.4 Å².